The Hall–Kier alpha value is -1.71. The molecule has 10 heteroatoms. The zero-order valence-corrected chi connectivity index (χ0v) is 15.3. The van der Waals surface area contributed by atoms with Gasteiger partial charge < -0.3 is 14.9 Å². The van der Waals surface area contributed by atoms with Crippen LogP contribution in [0, 0.1) is 0 Å². The molecule has 0 spiro atoms. The molecular weight excluding hydrogens is 377 g/mol. The molecule has 5 nitrogen and oxygen atoms in total. The van der Waals surface area contributed by atoms with Gasteiger partial charge in [-0.05, 0) is 30.2 Å². The molecule has 25 heavy (non-hydrogen) atoms. The monoisotopic (exact) mass is 392 g/mol. The molecule has 2 aromatic rings. The summed E-state index contributed by atoms with van der Waals surface area (Å²) in [6.45, 7) is 3.39. The standard InChI is InChI=1S/C15H16ClF3N4OS/c1-4-25(24)8(2)9(5-13(16)20)14-22-10-6-12(15(17,18)19)21-7-11(10)23(14)3/h5-7H,4,20H2,1-3H3/b9-8-,13-5-. The van der Waals surface area contributed by atoms with Crippen LogP contribution >= 0.6 is 11.6 Å². The van der Waals surface area contributed by atoms with Crippen molar-refractivity contribution in [3.8, 4) is 0 Å². The number of allylic oxidation sites excluding steroid dienone is 3. The molecule has 0 aliphatic heterocycles. The van der Waals surface area contributed by atoms with Gasteiger partial charge in [0, 0.05) is 14.0 Å². The summed E-state index contributed by atoms with van der Waals surface area (Å²) in [5, 5.41) is -0.0522. The highest BCUT2D eigenvalue weighted by atomic mass is 35.5. The summed E-state index contributed by atoms with van der Waals surface area (Å²) >= 11 is 4.46. The van der Waals surface area contributed by atoms with Gasteiger partial charge in [0.1, 0.15) is 27.3 Å². The number of aromatic nitrogens is 3. The average Bonchev–Trinajstić information content (AvgIpc) is 2.86. The minimum atomic E-state index is -4.56. The lowest BCUT2D eigenvalue weighted by atomic mass is 10.2. The first-order chi connectivity index (χ1) is 11.6. The molecule has 2 rings (SSSR count). The minimum Gasteiger partial charge on any atom is -0.612 e. The molecule has 2 heterocycles. The van der Waals surface area contributed by atoms with Crippen molar-refractivity contribution < 1.29 is 17.7 Å². The summed E-state index contributed by atoms with van der Waals surface area (Å²) in [5.74, 6) is 0.675. The van der Waals surface area contributed by atoms with Gasteiger partial charge in [-0.2, -0.15) is 13.2 Å². The largest absolute Gasteiger partial charge is 0.612 e. The number of imidazole rings is 1. The predicted molar refractivity (Wildman–Crippen MR) is 92.9 cm³/mol. The molecule has 0 saturated carbocycles. The molecule has 0 saturated heterocycles. The van der Waals surface area contributed by atoms with E-state index in [1.165, 1.54) is 6.08 Å². The van der Waals surface area contributed by atoms with Crippen molar-refractivity contribution in [1.29, 1.82) is 0 Å². The fourth-order valence-corrected chi connectivity index (χ4v) is 3.22. The Morgan fingerprint density at radius 1 is 1.48 bits per heavy atom. The van der Waals surface area contributed by atoms with Crippen molar-refractivity contribution in [2.45, 2.75) is 20.0 Å². The third-order valence-corrected chi connectivity index (χ3v) is 5.10. The van der Waals surface area contributed by atoms with E-state index >= 15 is 0 Å². The topological polar surface area (TPSA) is 79.8 Å². The Labute approximate surface area is 150 Å². The van der Waals surface area contributed by atoms with Gasteiger partial charge in [-0.15, -0.1) is 0 Å². The van der Waals surface area contributed by atoms with Gasteiger partial charge in [-0.1, -0.05) is 11.6 Å². The van der Waals surface area contributed by atoms with E-state index in [1.807, 2.05) is 0 Å². The number of fused-ring (bicyclic) bond motifs is 1. The van der Waals surface area contributed by atoms with E-state index in [1.54, 1.807) is 25.5 Å². The van der Waals surface area contributed by atoms with Crippen molar-refractivity contribution in [2.24, 2.45) is 12.8 Å². The molecule has 0 radical (unpaired) electrons. The van der Waals surface area contributed by atoms with Gasteiger partial charge in [0.05, 0.1) is 22.8 Å². The van der Waals surface area contributed by atoms with Crippen molar-refractivity contribution in [2.75, 3.05) is 5.75 Å². The molecule has 0 amide bonds. The van der Waals surface area contributed by atoms with Crippen LogP contribution in [0.4, 0.5) is 13.2 Å². The highest BCUT2D eigenvalue weighted by molar-refractivity contribution is 7.95. The molecule has 0 aromatic carbocycles. The molecule has 0 bridgehead atoms. The zero-order valence-electron chi connectivity index (χ0n) is 13.7. The molecule has 2 N–H and O–H groups in total. The van der Waals surface area contributed by atoms with Crippen molar-refractivity contribution in [3.63, 3.8) is 0 Å². The van der Waals surface area contributed by atoms with E-state index in [0.717, 1.165) is 12.3 Å². The number of nitrogens with two attached hydrogens (primary N) is 1. The van der Waals surface area contributed by atoms with Crippen LogP contribution in [-0.2, 0) is 24.4 Å². The quantitative estimate of drug-likeness (QED) is 0.490. The van der Waals surface area contributed by atoms with Gasteiger partial charge in [0.15, 0.2) is 0 Å². The smallest absolute Gasteiger partial charge is 0.433 e. The van der Waals surface area contributed by atoms with Crippen molar-refractivity contribution in [3.05, 3.63) is 39.9 Å². The second-order valence-corrected chi connectivity index (χ2v) is 7.50. The van der Waals surface area contributed by atoms with Crippen LogP contribution in [0.25, 0.3) is 16.6 Å². The maximum absolute atomic E-state index is 12.8. The van der Waals surface area contributed by atoms with Crippen molar-refractivity contribution in [1.82, 2.24) is 14.5 Å². The summed E-state index contributed by atoms with van der Waals surface area (Å²) in [7, 11) is 1.63. The van der Waals surface area contributed by atoms with Gasteiger partial charge >= 0.3 is 6.18 Å². The van der Waals surface area contributed by atoms with E-state index in [4.69, 9.17) is 17.3 Å². The number of hydrogen-bond donors (Lipinski definition) is 1. The minimum absolute atomic E-state index is 0.0522. The van der Waals surface area contributed by atoms with Crippen LogP contribution in [0.5, 0.6) is 0 Å². The summed E-state index contributed by atoms with van der Waals surface area (Å²) in [6, 6.07) is 0.871. The SMILES string of the molecule is CC[S+]([O-])/C(C)=C(/C=C(\N)Cl)c1nc2cc(C(F)(F)F)ncc2n1C. The molecule has 0 aliphatic carbocycles. The maximum Gasteiger partial charge on any atom is 0.433 e. The second kappa shape index (κ2) is 7.27. The lowest BCUT2D eigenvalue weighted by Crippen LogP contribution is -2.09. The van der Waals surface area contributed by atoms with Crippen LogP contribution in [-0.4, -0.2) is 24.8 Å². The first-order valence-corrected chi connectivity index (χ1v) is 8.87. The molecule has 0 fully saturated rings. The predicted octanol–water partition coefficient (Wildman–Crippen LogP) is 3.53. The van der Waals surface area contributed by atoms with Crippen LogP contribution in [0.1, 0.15) is 25.4 Å². The van der Waals surface area contributed by atoms with E-state index in [2.05, 4.69) is 9.97 Å². The van der Waals surface area contributed by atoms with E-state index in [-0.39, 0.29) is 10.7 Å². The van der Waals surface area contributed by atoms with Gasteiger partial charge in [-0.3, -0.25) is 0 Å². The maximum atomic E-state index is 12.8. The van der Waals surface area contributed by atoms with E-state index in [9.17, 15) is 17.7 Å². The highest BCUT2D eigenvalue weighted by Crippen LogP contribution is 2.31. The van der Waals surface area contributed by atoms with Crippen LogP contribution in [0.15, 0.2) is 28.4 Å². The lowest BCUT2D eigenvalue weighted by molar-refractivity contribution is -0.141. The lowest BCUT2D eigenvalue weighted by Gasteiger charge is -2.12. The van der Waals surface area contributed by atoms with Gasteiger partial charge in [0.25, 0.3) is 0 Å². The Kier molecular flexibility index (Phi) is 5.70. The van der Waals surface area contributed by atoms with E-state index in [0.29, 0.717) is 27.6 Å². The van der Waals surface area contributed by atoms with Crippen molar-refractivity contribution >= 4 is 39.4 Å². The molecule has 136 valence electrons. The van der Waals surface area contributed by atoms with Gasteiger partial charge in [-0.25, -0.2) is 9.97 Å². The van der Waals surface area contributed by atoms with Gasteiger partial charge in [0.2, 0.25) is 0 Å². The Morgan fingerprint density at radius 2 is 2.12 bits per heavy atom. The average molecular weight is 393 g/mol. The van der Waals surface area contributed by atoms with Crippen LogP contribution in [0.2, 0.25) is 0 Å². The third kappa shape index (κ3) is 4.10. The van der Waals surface area contributed by atoms with Crippen LogP contribution in [0.3, 0.4) is 0 Å². The number of alkyl halides is 3. The number of halogens is 4. The molecule has 1 unspecified atom stereocenters. The fraction of sp³-hybridized carbons (Fsp3) is 0.333. The molecule has 1 atom stereocenters. The van der Waals surface area contributed by atoms with E-state index < -0.39 is 23.0 Å². The first-order valence-electron chi connectivity index (χ1n) is 7.18. The third-order valence-electron chi connectivity index (χ3n) is 3.56. The molecule has 0 aliphatic rings. The summed E-state index contributed by atoms with van der Waals surface area (Å²) < 4.78 is 52.3. The highest BCUT2D eigenvalue weighted by Gasteiger charge is 2.33. The Balaban J connectivity index is 2.72. The Morgan fingerprint density at radius 3 is 2.64 bits per heavy atom. The number of pyridine rings is 1. The fourth-order valence-electron chi connectivity index (χ4n) is 2.29. The summed E-state index contributed by atoms with van der Waals surface area (Å²) in [4.78, 5) is 8.17. The zero-order chi connectivity index (χ0) is 18.9. The number of aryl methyl sites for hydroxylation is 1. The molecular formula is C15H16ClF3N4OS. The summed E-state index contributed by atoms with van der Waals surface area (Å²) in [6.07, 6.45) is -2.07. The normalized spacial score (nSPS) is 15.4. The number of nitrogens with zero attached hydrogens (tertiary/aromatic N) is 3. The summed E-state index contributed by atoms with van der Waals surface area (Å²) in [5.41, 5.74) is 5.42. The Bertz CT molecular complexity index is 856. The number of rotatable bonds is 4. The molecule has 2 aromatic heterocycles. The second-order valence-electron chi connectivity index (χ2n) is 5.18. The first kappa shape index (κ1) is 19.6. The number of hydrogen-bond acceptors (Lipinski definition) is 4. The van der Waals surface area contributed by atoms with Crippen LogP contribution < -0.4 is 5.73 Å².